The first-order chi connectivity index (χ1) is 8.59. The van der Waals surface area contributed by atoms with Gasteiger partial charge in [0.2, 0.25) is 5.91 Å². The summed E-state index contributed by atoms with van der Waals surface area (Å²) in [5.41, 5.74) is 5.52. The normalized spacial score (nSPS) is 18.6. The number of carbonyl (C=O) groups is 1. The van der Waals surface area contributed by atoms with Crippen molar-refractivity contribution in [2.45, 2.75) is 25.3 Å². The number of amides is 1. The molecule has 0 radical (unpaired) electrons. The van der Waals surface area contributed by atoms with Crippen LogP contribution in [-0.2, 0) is 4.79 Å². The van der Waals surface area contributed by atoms with Gasteiger partial charge in [-0.25, -0.2) is 8.78 Å². The monoisotopic (exact) mass is 254 g/mol. The first kappa shape index (κ1) is 13.0. The van der Waals surface area contributed by atoms with Gasteiger partial charge in [0.1, 0.15) is 17.7 Å². The van der Waals surface area contributed by atoms with Crippen LogP contribution in [0.25, 0.3) is 0 Å². The SMILES string of the molecule is NC(=O)C(c1ccc(F)cc1F)N1CCCCC1. The van der Waals surface area contributed by atoms with Crippen molar-refractivity contribution < 1.29 is 13.6 Å². The molecular weight excluding hydrogens is 238 g/mol. The molecule has 1 fully saturated rings. The second-order valence-electron chi connectivity index (χ2n) is 4.57. The molecule has 2 rings (SSSR count). The smallest absolute Gasteiger partial charge is 0.239 e. The van der Waals surface area contributed by atoms with Crippen LogP contribution < -0.4 is 5.73 Å². The zero-order valence-electron chi connectivity index (χ0n) is 10.0. The molecule has 2 N–H and O–H groups in total. The van der Waals surface area contributed by atoms with Gasteiger partial charge in [-0.1, -0.05) is 12.5 Å². The minimum atomic E-state index is -0.800. The molecule has 1 atom stereocenters. The molecule has 0 bridgehead atoms. The van der Waals surface area contributed by atoms with Crippen LogP contribution in [0.4, 0.5) is 8.78 Å². The summed E-state index contributed by atoms with van der Waals surface area (Å²) in [5.74, 6) is -1.97. The van der Waals surface area contributed by atoms with E-state index in [9.17, 15) is 13.6 Å². The molecule has 98 valence electrons. The summed E-state index contributed by atoms with van der Waals surface area (Å²) < 4.78 is 26.6. The number of hydrogen-bond donors (Lipinski definition) is 1. The molecule has 1 aromatic rings. The van der Waals surface area contributed by atoms with Crippen molar-refractivity contribution in [3.05, 3.63) is 35.4 Å². The Morgan fingerprint density at radius 3 is 2.44 bits per heavy atom. The lowest BCUT2D eigenvalue weighted by atomic mass is 10.0. The van der Waals surface area contributed by atoms with E-state index >= 15 is 0 Å². The van der Waals surface area contributed by atoms with Crippen LogP contribution in [0.3, 0.4) is 0 Å². The molecule has 0 spiro atoms. The average Bonchev–Trinajstić information content (AvgIpc) is 2.33. The highest BCUT2D eigenvalue weighted by Gasteiger charge is 2.29. The second kappa shape index (κ2) is 5.44. The maximum Gasteiger partial charge on any atom is 0.239 e. The van der Waals surface area contributed by atoms with Crippen LogP contribution in [-0.4, -0.2) is 23.9 Å². The van der Waals surface area contributed by atoms with Crippen molar-refractivity contribution in [1.29, 1.82) is 0 Å². The molecule has 0 saturated carbocycles. The number of benzene rings is 1. The summed E-state index contributed by atoms with van der Waals surface area (Å²) >= 11 is 0. The minimum Gasteiger partial charge on any atom is -0.368 e. The highest BCUT2D eigenvalue weighted by atomic mass is 19.1. The zero-order valence-corrected chi connectivity index (χ0v) is 10.0. The van der Waals surface area contributed by atoms with Crippen molar-refractivity contribution >= 4 is 5.91 Å². The molecule has 1 unspecified atom stereocenters. The van der Waals surface area contributed by atoms with Gasteiger partial charge in [0.25, 0.3) is 0 Å². The quantitative estimate of drug-likeness (QED) is 0.896. The predicted octanol–water partition coefficient (Wildman–Crippen LogP) is 1.98. The van der Waals surface area contributed by atoms with Gasteiger partial charge < -0.3 is 5.73 Å². The summed E-state index contributed by atoms with van der Waals surface area (Å²) in [6, 6.07) is 2.44. The van der Waals surface area contributed by atoms with Gasteiger partial charge in [-0.05, 0) is 32.0 Å². The highest BCUT2D eigenvalue weighted by Crippen LogP contribution is 2.26. The van der Waals surface area contributed by atoms with E-state index in [1.54, 1.807) is 0 Å². The Bertz CT molecular complexity index is 445. The van der Waals surface area contributed by atoms with Crippen LogP contribution in [0.2, 0.25) is 0 Å². The molecule has 0 aliphatic carbocycles. The first-order valence-electron chi connectivity index (χ1n) is 6.08. The Balaban J connectivity index is 2.31. The Labute approximate surface area is 105 Å². The molecule has 1 aliphatic rings. The molecule has 1 aromatic carbocycles. The lowest BCUT2D eigenvalue weighted by Crippen LogP contribution is -2.41. The molecule has 1 aliphatic heterocycles. The number of nitrogens with two attached hydrogens (primary N) is 1. The van der Waals surface area contributed by atoms with Gasteiger partial charge in [-0.15, -0.1) is 0 Å². The fourth-order valence-corrected chi connectivity index (χ4v) is 2.43. The summed E-state index contributed by atoms with van der Waals surface area (Å²) in [6.07, 6.45) is 3.03. The number of primary amides is 1. The van der Waals surface area contributed by atoms with E-state index in [2.05, 4.69) is 0 Å². The largest absolute Gasteiger partial charge is 0.368 e. The lowest BCUT2D eigenvalue weighted by molar-refractivity contribution is -0.124. The van der Waals surface area contributed by atoms with Crippen molar-refractivity contribution in [2.24, 2.45) is 5.73 Å². The molecular formula is C13H16F2N2O. The van der Waals surface area contributed by atoms with E-state index in [1.165, 1.54) is 6.07 Å². The number of halogens is 2. The van der Waals surface area contributed by atoms with E-state index in [0.29, 0.717) is 13.1 Å². The van der Waals surface area contributed by atoms with Gasteiger partial charge in [0.05, 0.1) is 0 Å². The fraction of sp³-hybridized carbons (Fsp3) is 0.462. The van der Waals surface area contributed by atoms with Crippen molar-refractivity contribution in [2.75, 3.05) is 13.1 Å². The Kier molecular flexibility index (Phi) is 3.91. The van der Waals surface area contributed by atoms with Crippen LogP contribution in [0.15, 0.2) is 18.2 Å². The van der Waals surface area contributed by atoms with Crippen LogP contribution in [0, 0.1) is 11.6 Å². The molecule has 1 amide bonds. The average molecular weight is 254 g/mol. The predicted molar refractivity (Wildman–Crippen MR) is 63.7 cm³/mol. The second-order valence-corrected chi connectivity index (χ2v) is 4.57. The maximum atomic E-state index is 13.7. The first-order valence-corrected chi connectivity index (χ1v) is 6.08. The van der Waals surface area contributed by atoms with Crippen molar-refractivity contribution in [3.8, 4) is 0 Å². The van der Waals surface area contributed by atoms with Gasteiger partial charge in [0.15, 0.2) is 0 Å². The summed E-state index contributed by atoms with van der Waals surface area (Å²) in [5, 5.41) is 0. The number of likely N-dealkylation sites (tertiary alicyclic amines) is 1. The number of rotatable bonds is 3. The number of nitrogens with zero attached hydrogens (tertiary/aromatic N) is 1. The van der Waals surface area contributed by atoms with E-state index in [1.807, 2.05) is 4.90 Å². The summed E-state index contributed by atoms with van der Waals surface area (Å²) in [4.78, 5) is 13.4. The third-order valence-corrected chi connectivity index (χ3v) is 3.28. The molecule has 5 heteroatoms. The van der Waals surface area contributed by atoms with E-state index in [-0.39, 0.29) is 5.56 Å². The zero-order chi connectivity index (χ0) is 13.1. The van der Waals surface area contributed by atoms with E-state index in [0.717, 1.165) is 31.4 Å². The van der Waals surface area contributed by atoms with Gasteiger partial charge >= 0.3 is 0 Å². The molecule has 0 aromatic heterocycles. The Hall–Kier alpha value is -1.49. The fourth-order valence-electron chi connectivity index (χ4n) is 2.43. The van der Waals surface area contributed by atoms with Crippen LogP contribution >= 0.6 is 0 Å². The van der Waals surface area contributed by atoms with E-state index in [4.69, 9.17) is 5.73 Å². The Morgan fingerprint density at radius 2 is 1.89 bits per heavy atom. The van der Waals surface area contributed by atoms with Crippen LogP contribution in [0.1, 0.15) is 30.9 Å². The summed E-state index contributed by atoms with van der Waals surface area (Å²) in [7, 11) is 0. The number of carbonyl (C=O) groups excluding carboxylic acids is 1. The molecule has 1 saturated heterocycles. The van der Waals surface area contributed by atoms with Crippen molar-refractivity contribution in [1.82, 2.24) is 4.90 Å². The maximum absolute atomic E-state index is 13.7. The van der Waals surface area contributed by atoms with Gasteiger partial charge in [0, 0.05) is 11.6 Å². The van der Waals surface area contributed by atoms with Crippen LogP contribution in [0.5, 0.6) is 0 Å². The molecule has 18 heavy (non-hydrogen) atoms. The topological polar surface area (TPSA) is 46.3 Å². The molecule has 1 heterocycles. The number of piperidine rings is 1. The lowest BCUT2D eigenvalue weighted by Gasteiger charge is -2.32. The standard InChI is InChI=1S/C13H16F2N2O/c14-9-4-5-10(11(15)8-9)12(13(16)18)17-6-2-1-3-7-17/h4-5,8,12H,1-3,6-7H2,(H2,16,18). The number of hydrogen-bond acceptors (Lipinski definition) is 2. The Morgan fingerprint density at radius 1 is 1.22 bits per heavy atom. The minimum absolute atomic E-state index is 0.158. The third-order valence-electron chi connectivity index (χ3n) is 3.28. The van der Waals surface area contributed by atoms with Crippen molar-refractivity contribution in [3.63, 3.8) is 0 Å². The highest BCUT2D eigenvalue weighted by molar-refractivity contribution is 5.81. The third kappa shape index (κ3) is 2.67. The molecule has 3 nitrogen and oxygen atoms in total. The van der Waals surface area contributed by atoms with E-state index < -0.39 is 23.6 Å². The van der Waals surface area contributed by atoms with Gasteiger partial charge in [-0.3, -0.25) is 9.69 Å². The van der Waals surface area contributed by atoms with Gasteiger partial charge in [-0.2, -0.15) is 0 Å². The summed E-state index contributed by atoms with van der Waals surface area (Å²) in [6.45, 7) is 1.43.